The van der Waals surface area contributed by atoms with E-state index in [9.17, 15) is 17.2 Å². The number of primary sulfonamides is 1. The molecule has 1 heterocycles. The van der Waals surface area contributed by atoms with Gasteiger partial charge in [0.05, 0.1) is 5.25 Å². The minimum Gasteiger partial charge on any atom is -0.312 e. The van der Waals surface area contributed by atoms with E-state index in [4.69, 9.17) is 5.14 Å². The summed E-state index contributed by atoms with van der Waals surface area (Å²) in [6.45, 7) is 0.250. The van der Waals surface area contributed by atoms with Crippen molar-refractivity contribution >= 4 is 10.0 Å². The fourth-order valence-corrected chi connectivity index (χ4v) is 3.10. The molecule has 0 saturated carbocycles. The van der Waals surface area contributed by atoms with Gasteiger partial charge in [0.25, 0.3) is 0 Å². The summed E-state index contributed by atoms with van der Waals surface area (Å²) >= 11 is 0. The van der Waals surface area contributed by atoms with E-state index in [0.29, 0.717) is 24.8 Å². The zero-order valence-corrected chi connectivity index (χ0v) is 11.1. The Morgan fingerprint density at radius 2 is 2.05 bits per heavy atom. The van der Waals surface area contributed by atoms with Crippen molar-refractivity contribution in [1.29, 1.82) is 0 Å². The maximum absolute atomic E-state index is 13.5. The molecule has 1 saturated heterocycles. The molecule has 0 aliphatic carbocycles. The summed E-state index contributed by atoms with van der Waals surface area (Å²) in [6, 6.07) is 3.28. The quantitative estimate of drug-likeness (QED) is 0.869. The molecule has 1 fully saturated rings. The standard InChI is InChI=1S/C12H16F2N2O2S/c13-9-1-4-12(14)8(5-9)6-10-2-3-11(7-16-10)19(15,17)18/h1,4-5,10-11,16H,2-3,6-7H2,(H2,15,17,18). The van der Waals surface area contributed by atoms with Crippen molar-refractivity contribution in [3.05, 3.63) is 35.4 Å². The van der Waals surface area contributed by atoms with E-state index in [1.54, 1.807) is 0 Å². The van der Waals surface area contributed by atoms with E-state index in [-0.39, 0.29) is 12.6 Å². The largest absolute Gasteiger partial charge is 0.312 e. The van der Waals surface area contributed by atoms with Crippen molar-refractivity contribution in [2.45, 2.75) is 30.6 Å². The average molecular weight is 290 g/mol. The van der Waals surface area contributed by atoms with Crippen LogP contribution < -0.4 is 10.5 Å². The SMILES string of the molecule is NS(=O)(=O)C1CCC(Cc2cc(F)ccc2F)NC1. The summed E-state index contributed by atoms with van der Waals surface area (Å²) in [5.74, 6) is -0.925. The first-order chi connectivity index (χ1) is 8.86. The van der Waals surface area contributed by atoms with Crippen LogP contribution in [0.4, 0.5) is 8.78 Å². The van der Waals surface area contributed by atoms with Crippen molar-refractivity contribution in [2.75, 3.05) is 6.54 Å². The van der Waals surface area contributed by atoms with Gasteiger partial charge >= 0.3 is 0 Å². The van der Waals surface area contributed by atoms with Crippen LogP contribution in [0.5, 0.6) is 0 Å². The zero-order valence-electron chi connectivity index (χ0n) is 10.3. The fraction of sp³-hybridized carbons (Fsp3) is 0.500. The Hall–Kier alpha value is -1.05. The van der Waals surface area contributed by atoms with E-state index in [2.05, 4.69) is 5.32 Å². The molecule has 2 atom stereocenters. The number of hydrogen-bond acceptors (Lipinski definition) is 3. The first-order valence-corrected chi connectivity index (χ1v) is 7.66. The molecule has 0 aromatic heterocycles. The van der Waals surface area contributed by atoms with Gasteiger partial charge in [-0.25, -0.2) is 22.3 Å². The van der Waals surface area contributed by atoms with Gasteiger partial charge < -0.3 is 5.32 Å². The third kappa shape index (κ3) is 3.71. The molecule has 0 bridgehead atoms. The number of hydrogen-bond donors (Lipinski definition) is 2. The molecular weight excluding hydrogens is 274 g/mol. The lowest BCUT2D eigenvalue weighted by molar-refractivity contribution is 0.391. The lowest BCUT2D eigenvalue weighted by Crippen LogP contribution is -2.47. The first-order valence-electron chi connectivity index (χ1n) is 6.05. The van der Waals surface area contributed by atoms with Crippen molar-refractivity contribution in [2.24, 2.45) is 5.14 Å². The lowest BCUT2D eigenvalue weighted by Gasteiger charge is -2.28. The molecule has 2 rings (SSSR count). The molecule has 1 aromatic carbocycles. The number of nitrogens with one attached hydrogen (secondary N) is 1. The van der Waals surface area contributed by atoms with Crippen molar-refractivity contribution in [3.8, 4) is 0 Å². The summed E-state index contributed by atoms with van der Waals surface area (Å²) in [6.07, 6.45) is 1.34. The van der Waals surface area contributed by atoms with Gasteiger partial charge in [0.1, 0.15) is 11.6 Å². The Morgan fingerprint density at radius 1 is 1.32 bits per heavy atom. The van der Waals surface area contributed by atoms with Gasteiger partial charge in [-0.3, -0.25) is 0 Å². The molecule has 3 N–H and O–H groups in total. The molecule has 0 amide bonds. The van der Waals surface area contributed by atoms with Crippen LogP contribution >= 0.6 is 0 Å². The van der Waals surface area contributed by atoms with E-state index in [1.165, 1.54) is 6.07 Å². The number of halogens is 2. The summed E-state index contributed by atoms with van der Waals surface area (Å²) < 4.78 is 48.9. The summed E-state index contributed by atoms with van der Waals surface area (Å²) in [7, 11) is -3.53. The Labute approximate surface area is 111 Å². The number of rotatable bonds is 3. The lowest BCUT2D eigenvalue weighted by atomic mass is 9.97. The van der Waals surface area contributed by atoms with Gasteiger partial charge in [0.15, 0.2) is 0 Å². The summed E-state index contributed by atoms with van der Waals surface area (Å²) in [5.41, 5.74) is 0.298. The highest BCUT2D eigenvalue weighted by Crippen LogP contribution is 2.18. The van der Waals surface area contributed by atoms with Crippen LogP contribution in [0, 0.1) is 11.6 Å². The Morgan fingerprint density at radius 3 is 2.63 bits per heavy atom. The maximum atomic E-state index is 13.5. The van der Waals surface area contributed by atoms with Gasteiger partial charge in [-0.1, -0.05) is 0 Å². The first kappa shape index (κ1) is 14.4. The highest BCUT2D eigenvalue weighted by molar-refractivity contribution is 7.89. The molecule has 1 aliphatic rings. The van der Waals surface area contributed by atoms with E-state index in [1.807, 2.05) is 0 Å². The van der Waals surface area contributed by atoms with Crippen LogP contribution in [0.15, 0.2) is 18.2 Å². The van der Waals surface area contributed by atoms with Crippen LogP contribution in [0.3, 0.4) is 0 Å². The Kier molecular flexibility index (Phi) is 4.17. The van der Waals surface area contributed by atoms with Crippen LogP contribution in [-0.2, 0) is 16.4 Å². The van der Waals surface area contributed by atoms with E-state index < -0.39 is 26.9 Å². The predicted octanol–water partition coefficient (Wildman–Crippen LogP) is 0.916. The second-order valence-corrected chi connectivity index (χ2v) is 6.68. The van der Waals surface area contributed by atoms with Crippen LogP contribution in [-0.4, -0.2) is 26.3 Å². The summed E-state index contributed by atoms with van der Waals surface area (Å²) in [5, 5.41) is 7.50. The Bertz CT molecular complexity index is 555. The minimum atomic E-state index is -3.53. The highest BCUT2D eigenvalue weighted by atomic mass is 32.2. The van der Waals surface area contributed by atoms with Crippen molar-refractivity contribution < 1.29 is 17.2 Å². The average Bonchev–Trinajstić information content (AvgIpc) is 2.33. The molecule has 106 valence electrons. The second kappa shape index (κ2) is 5.52. The van der Waals surface area contributed by atoms with Crippen molar-refractivity contribution in [1.82, 2.24) is 5.32 Å². The van der Waals surface area contributed by atoms with Gasteiger partial charge in [0.2, 0.25) is 10.0 Å². The molecule has 4 nitrogen and oxygen atoms in total. The smallest absolute Gasteiger partial charge is 0.213 e. The van der Waals surface area contributed by atoms with Crippen LogP contribution in [0.1, 0.15) is 18.4 Å². The topological polar surface area (TPSA) is 72.2 Å². The minimum absolute atomic E-state index is 0.0608. The van der Waals surface area contributed by atoms with Crippen molar-refractivity contribution in [3.63, 3.8) is 0 Å². The van der Waals surface area contributed by atoms with Gasteiger partial charge in [0, 0.05) is 12.6 Å². The van der Waals surface area contributed by atoms with Gasteiger partial charge in [-0.2, -0.15) is 0 Å². The molecule has 1 aliphatic heterocycles. The molecular formula is C12H16F2N2O2S. The van der Waals surface area contributed by atoms with Gasteiger partial charge in [-0.15, -0.1) is 0 Å². The second-order valence-electron chi connectivity index (χ2n) is 4.83. The van der Waals surface area contributed by atoms with E-state index in [0.717, 1.165) is 12.1 Å². The fourth-order valence-electron chi connectivity index (χ4n) is 2.31. The monoisotopic (exact) mass is 290 g/mol. The van der Waals surface area contributed by atoms with E-state index >= 15 is 0 Å². The molecule has 1 aromatic rings. The van der Waals surface area contributed by atoms with Crippen LogP contribution in [0.2, 0.25) is 0 Å². The molecule has 19 heavy (non-hydrogen) atoms. The highest BCUT2D eigenvalue weighted by Gasteiger charge is 2.28. The maximum Gasteiger partial charge on any atom is 0.213 e. The third-order valence-electron chi connectivity index (χ3n) is 3.41. The third-order valence-corrected chi connectivity index (χ3v) is 4.74. The number of piperidine rings is 1. The zero-order chi connectivity index (χ0) is 14.0. The van der Waals surface area contributed by atoms with Gasteiger partial charge in [-0.05, 0) is 43.0 Å². The number of benzene rings is 1. The molecule has 0 radical (unpaired) electrons. The predicted molar refractivity (Wildman–Crippen MR) is 68.0 cm³/mol. The number of sulfonamides is 1. The number of nitrogens with two attached hydrogens (primary N) is 1. The summed E-state index contributed by atoms with van der Waals surface area (Å²) in [4.78, 5) is 0. The molecule has 0 spiro atoms. The van der Waals surface area contributed by atoms with Crippen LogP contribution in [0.25, 0.3) is 0 Å². The molecule has 2 unspecified atom stereocenters. The molecule has 7 heteroatoms. The normalized spacial score (nSPS) is 24.4. The Balaban J connectivity index is 1.98.